The van der Waals surface area contributed by atoms with Gasteiger partial charge in [0.15, 0.2) is 11.6 Å². The van der Waals surface area contributed by atoms with Crippen molar-refractivity contribution >= 4 is 23.2 Å². The molecule has 168 valence electrons. The molecule has 0 spiro atoms. The van der Waals surface area contributed by atoms with Crippen molar-refractivity contribution in [1.82, 2.24) is 15.6 Å². The fourth-order valence-corrected chi connectivity index (χ4v) is 3.53. The molecule has 0 aliphatic carbocycles. The fraction of sp³-hybridized carbons (Fsp3) is 0.292. The molecule has 8 heteroatoms. The van der Waals surface area contributed by atoms with E-state index in [-0.39, 0.29) is 41.8 Å². The third-order valence-electron chi connectivity index (χ3n) is 4.68. The number of thiazole rings is 1. The Bertz CT molecular complexity index is 1070. The van der Waals surface area contributed by atoms with Gasteiger partial charge in [-0.25, -0.2) is 9.37 Å². The van der Waals surface area contributed by atoms with Crippen molar-refractivity contribution in [2.24, 2.45) is 0 Å². The number of nitrogens with zero attached hydrogens (tertiary/aromatic N) is 1. The van der Waals surface area contributed by atoms with Gasteiger partial charge in [-0.2, -0.15) is 0 Å². The summed E-state index contributed by atoms with van der Waals surface area (Å²) in [7, 11) is 0. The fourth-order valence-electron chi connectivity index (χ4n) is 2.85. The van der Waals surface area contributed by atoms with Crippen LogP contribution in [0.25, 0.3) is 0 Å². The van der Waals surface area contributed by atoms with E-state index in [9.17, 15) is 14.0 Å². The summed E-state index contributed by atoms with van der Waals surface area (Å²) in [6.07, 6.45) is 0. The maximum absolute atomic E-state index is 13.6. The van der Waals surface area contributed by atoms with Gasteiger partial charge in [0.2, 0.25) is 0 Å². The molecule has 0 unspecified atom stereocenters. The van der Waals surface area contributed by atoms with Crippen LogP contribution in [0.3, 0.4) is 0 Å². The normalized spacial score (nSPS) is 11.1. The molecule has 3 aromatic rings. The summed E-state index contributed by atoms with van der Waals surface area (Å²) in [6.45, 7) is 6.98. The zero-order valence-corrected chi connectivity index (χ0v) is 19.1. The Hall–Kier alpha value is -3.26. The zero-order valence-electron chi connectivity index (χ0n) is 18.3. The lowest BCUT2D eigenvalue weighted by Gasteiger charge is -2.19. The summed E-state index contributed by atoms with van der Waals surface area (Å²) in [5.74, 6) is -0.852. The van der Waals surface area contributed by atoms with Crippen LogP contribution in [0.15, 0.2) is 53.9 Å². The van der Waals surface area contributed by atoms with Crippen molar-refractivity contribution in [1.29, 1.82) is 0 Å². The highest BCUT2D eigenvalue weighted by Gasteiger charge is 2.15. The minimum absolute atomic E-state index is 0.0265. The minimum Gasteiger partial charge on any atom is -0.483 e. The Morgan fingerprint density at radius 3 is 2.31 bits per heavy atom. The highest BCUT2D eigenvalue weighted by atomic mass is 32.1. The van der Waals surface area contributed by atoms with Crippen LogP contribution in [0.5, 0.6) is 5.75 Å². The van der Waals surface area contributed by atoms with Gasteiger partial charge < -0.3 is 15.4 Å². The van der Waals surface area contributed by atoms with Gasteiger partial charge in [-0.15, -0.1) is 11.3 Å². The van der Waals surface area contributed by atoms with E-state index < -0.39 is 5.82 Å². The van der Waals surface area contributed by atoms with E-state index in [4.69, 9.17) is 4.74 Å². The summed E-state index contributed by atoms with van der Waals surface area (Å²) in [5.41, 5.74) is 2.01. The Labute approximate surface area is 190 Å². The minimum atomic E-state index is -0.450. The number of carbonyl (C=O) groups is 2. The lowest BCUT2D eigenvalue weighted by Crippen LogP contribution is -2.34. The molecule has 0 bridgehead atoms. The topological polar surface area (TPSA) is 80.3 Å². The van der Waals surface area contributed by atoms with E-state index in [0.717, 1.165) is 5.56 Å². The predicted octanol–water partition coefficient (Wildman–Crippen LogP) is 4.32. The molecular formula is C24H26FN3O3S. The van der Waals surface area contributed by atoms with Crippen molar-refractivity contribution < 1.29 is 18.7 Å². The first-order valence-corrected chi connectivity index (χ1v) is 11.1. The second-order valence-electron chi connectivity index (χ2n) is 8.18. The van der Waals surface area contributed by atoms with E-state index in [1.165, 1.54) is 23.5 Å². The second-order valence-corrected chi connectivity index (χ2v) is 9.13. The van der Waals surface area contributed by atoms with Crippen molar-refractivity contribution in [3.05, 3.63) is 81.6 Å². The summed E-state index contributed by atoms with van der Waals surface area (Å²) in [4.78, 5) is 28.7. The standard InChI is InChI=1S/C24H26FN3O3S/c1-24(2,3)17-10-8-16(9-11-17)22(29)26-12-13-27-23(30)19-15-32-21(28-19)14-31-20-7-5-4-6-18(20)25/h4-11,15H,12-14H2,1-3H3,(H,26,29)(H,27,30). The van der Waals surface area contributed by atoms with Gasteiger partial charge in [0, 0.05) is 24.0 Å². The second kappa shape index (κ2) is 10.4. The molecule has 0 saturated heterocycles. The van der Waals surface area contributed by atoms with E-state index in [2.05, 4.69) is 36.4 Å². The molecule has 0 saturated carbocycles. The lowest BCUT2D eigenvalue weighted by molar-refractivity contribution is 0.0925. The summed E-state index contributed by atoms with van der Waals surface area (Å²) < 4.78 is 19.0. The Morgan fingerprint density at radius 1 is 1.00 bits per heavy atom. The van der Waals surface area contributed by atoms with Gasteiger partial charge in [0.05, 0.1) is 0 Å². The number of hydrogen-bond donors (Lipinski definition) is 2. The number of benzene rings is 2. The summed E-state index contributed by atoms with van der Waals surface area (Å²) in [5, 5.41) is 7.68. The molecule has 0 aliphatic rings. The number of rotatable bonds is 8. The first-order valence-electron chi connectivity index (χ1n) is 10.2. The van der Waals surface area contributed by atoms with Crippen molar-refractivity contribution in [3.63, 3.8) is 0 Å². The van der Waals surface area contributed by atoms with Crippen LogP contribution in [0.2, 0.25) is 0 Å². The molecule has 3 rings (SSSR count). The first kappa shape index (κ1) is 23.4. The SMILES string of the molecule is CC(C)(C)c1ccc(C(=O)NCCNC(=O)c2csc(COc3ccccc3F)n2)cc1. The van der Waals surface area contributed by atoms with Crippen LogP contribution < -0.4 is 15.4 Å². The van der Waals surface area contributed by atoms with Gasteiger partial charge in [0.25, 0.3) is 11.8 Å². The molecule has 1 aromatic heterocycles. The molecule has 1 heterocycles. The van der Waals surface area contributed by atoms with Crippen LogP contribution >= 0.6 is 11.3 Å². The molecule has 0 atom stereocenters. The average Bonchev–Trinajstić information content (AvgIpc) is 3.24. The molecule has 0 radical (unpaired) electrons. The smallest absolute Gasteiger partial charge is 0.270 e. The Balaban J connectivity index is 1.41. The number of amides is 2. The average molecular weight is 456 g/mol. The zero-order chi connectivity index (χ0) is 23.1. The van der Waals surface area contributed by atoms with E-state index in [0.29, 0.717) is 17.1 Å². The van der Waals surface area contributed by atoms with Crippen LogP contribution in [-0.2, 0) is 12.0 Å². The Morgan fingerprint density at radius 2 is 1.66 bits per heavy atom. The van der Waals surface area contributed by atoms with Crippen molar-refractivity contribution in [2.75, 3.05) is 13.1 Å². The highest BCUT2D eigenvalue weighted by molar-refractivity contribution is 7.09. The number of aromatic nitrogens is 1. The largest absolute Gasteiger partial charge is 0.483 e. The quantitative estimate of drug-likeness (QED) is 0.496. The Kier molecular flexibility index (Phi) is 7.58. The van der Waals surface area contributed by atoms with Gasteiger partial charge in [-0.3, -0.25) is 9.59 Å². The van der Waals surface area contributed by atoms with E-state index in [1.807, 2.05) is 12.1 Å². The lowest BCUT2D eigenvalue weighted by atomic mass is 9.87. The molecule has 0 fully saturated rings. The number of nitrogens with one attached hydrogen (secondary N) is 2. The molecular weight excluding hydrogens is 429 g/mol. The van der Waals surface area contributed by atoms with Gasteiger partial charge >= 0.3 is 0 Å². The molecule has 2 aromatic carbocycles. The van der Waals surface area contributed by atoms with Crippen molar-refractivity contribution in [2.45, 2.75) is 32.8 Å². The third kappa shape index (κ3) is 6.37. The molecule has 32 heavy (non-hydrogen) atoms. The predicted molar refractivity (Wildman–Crippen MR) is 123 cm³/mol. The maximum atomic E-state index is 13.6. The monoisotopic (exact) mass is 455 g/mol. The molecule has 0 aliphatic heterocycles. The number of para-hydroxylation sites is 1. The number of carbonyl (C=O) groups excluding carboxylic acids is 2. The van der Waals surface area contributed by atoms with E-state index in [1.54, 1.807) is 29.6 Å². The van der Waals surface area contributed by atoms with Gasteiger partial charge in [-0.05, 0) is 35.2 Å². The molecule has 6 nitrogen and oxygen atoms in total. The third-order valence-corrected chi connectivity index (χ3v) is 5.50. The highest BCUT2D eigenvalue weighted by Crippen LogP contribution is 2.22. The molecule has 2 N–H and O–H groups in total. The molecule has 2 amide bonds. The van der Waals surface area contributed by atoms with Crippen LogP contribution in [-0.4, -0.2) is 29.9 Å². The van der Waals surface area contributed by atoms with Crippen LogP contribution in [0, 0.1) is 5.82 Å². The summed E-state index contributed by atoms with van der Waals surface area (Å²) >= 11 is 1.26. The number of ether oxygens (including phenoxy) is 1. The summed E-state index contributed by atoms with van der Waals surface area (Å²) in [6, 6.07) is 13.6. The van der Waals surface area contributed by atoms with Gasteiger partial charge in [-0.1, -0.05) is 45.0 Å². The number of hydrogen-bond acceptors (Lipinski definition) is 5. The van der Waals surface area contributed by atoms with E-state index >= 15 is 0 Å². The van der Waals surface area contributed by atoms with Crippen molar-refractivity contribution in [3.8, 4) is 5.75 Å². The van der Waals surface area contributed by atoms with Gasteiger partial charge in [0.1, 0.15) is 17.3 Å². The maximum Gasteiger partial charge on any atom is 0.270 e. The van der Waals surface area contributed by atoms with Crippen LogP contribution in [0.1, 0.15) is 52.2 Å². The van der Waals surface area contributed by atoms with Crippen LogP contribution in [0.4, 0.5) is 4.39 Å². The number of halogens is 1. The first-order chi connectivity index (χ1) is 15.2.